The third-order valence-corrected chi connectivity index (χ3v) is 9.95. The van der Waals surface area contributed by atoms with Crippen LogP contribution in [0.1, 0.15) is 69.4 Å². The molecule has 4 aromatic rings. The maximum absolute atomic E-state index is 13.4. The first-order chi connectivity index (χ1) is 19.8. The summed E-state index contributed by atoms with van der Waals surface area (Å²) >= 11 is 0. The van der Waals surface area contributed by atoms with Crippen LogP contribution in [-0.2, 0) is 16.4 Å². The molecule has 1 aromatic heterocycles. The number of aromatic nitrogens is 2. The molecule has 0 unspecified atom stereocenters. The fourth-order valence-electron chi connectivity index (χ4n) is 5.32. The third-order valence-electron chi connectivity index (χ3n) is 8.04. The van der Waals surface area contributed by atoms with Crippen molar-refractivity contribution in [2.45, 2.75) is 63.8 Å². The van der Waals surface area contributed by atoms with Crippen LogP contribution < -0.4 is 5.32 Å². The van der Waals surface area contributed by atoms with Crippen molar-refractivity contribution in [3.05, 3.63) is 89.7 Å². The van der Waals surface area contributed by atoms with Crippen LogP contribution in [0.5, 0.6) is 0 Å². The highest BCUT2D eigenvalue weighted by molar-refractivity contribution is 7.89. The Morgan fingerprint density at radius 2 is 1.54 bits per heavy atom. The monoisotopic (exact) mass is 571 g/mol. The lowest BCUT2D eigenvalue weighted by Gasteiger charge is -2.37. The van der Waals surface area contributed by atoms with Crippen molar-refractivity contribution < 1.29 is 8.42 Å². The van der Waals surface area contributed by atoms with Crippen LogP contribution in [0.4, 0.5) is 11.5 Å². The molecule has 1 saturated heterocycles. The zero-order valence-electron chi connectivity index (χ0n) is 24.5. The van der Waals surface area contributed by atoms with Crippen LogP contribution in [0.2, 0.25) is 0 Å². The SMILES string of the molecule is CCCCc1ccc(S(=O)(=O)N2CCN([C@H](C)c3nc(Nc4ccc(C(C)C)cc4)c4ccccc4n3)CC2)cc1. The van der Waals surface area contributed by atoms with Gasteiger partial charge >= 0.3 is 0 Å². The van der Waals surface area contributed by atoms with Gasteiger partial charge in [-0.3, -0.25) is 4.90 Å². The molecule has 1 aliphatic heterocycles. The van der Waals surface area contributed by atoms with Crippen molar-refractivity contribution in [1.82, 2.24) is 19.2 Å². The number of aryl methyl sites for hydroxylation is 1. The number of piperazine rings is 1. The lowest BCUT2D eigenvalue weighted by molar-refractivity contribution is 0.141. The molecule has 1 N–H and O–H groups in total. The highest BCUT2D eigenvalue weighted by Crippen LogP contribution is 2.29. The number of anilines is 2. The van der Waals surface area contributed by atoms with Gasteiger partial charge in [0.1, 0.15) is 11.6 Å². The van der Waals surface area contributed by atoms with Crippen molar-refractivity contribution >= 4 is 32.4 Å². The van der Waals surface area contributed by atoms with Gasteiger partial charge in [0.05, 0.1) is 16.5 Å². The Morgan fingerprint density at radius 3 is 2.20 bits per heavy atom. The summed E-state index contributed by atoms with van der Waals surface area (Å²) in [6, 6.07) is 23.9. The van der Waals surface area contributed by atoms with Gasteiger partial charge in [-0.25, -0.2) is 18.4 Å². The minimum Gasteiger partial charge on any atom is -0.340 e. The van der Waals surface area contributed by atoms with Crippen molar-refractivity contribution in [2.75, 3.05) is 31.5 Å². The predicted octanol–water partition coefficient (Wildman–Crippen LogP) is 6.91. The summed E-state index contributed by atoms with van der Waals surface area (Å²) in [5.74, 6) is 1.98. The molecule has 2 heterocycles. The van der Waals surface area contributed by atoms with Crippen molar-refractivity contribution in [3.8, 4) is 0 Å². The van der Waals surface area contributed by atoms with Gasteiger partial charge in [-0.15, -0.1) is 0 Å². The number of rotatable bonds is 10. The molecule has 0 spiro atoms. The Bertz CT molecular complexity index is 1560. The molecule has 0 saturated carbocycles. The van der Waals surface area contributed by atoms with Crippen LogP contribution in [0.25, 0.3) is 10.9 Å². The molecular formula is C33H41N5O2S. The van der Waals surface area contributed by atoms with Crippen LogP contribution >= 0.6 is 0 Å². The molecule has 41 heavy (non-hydrogen) atoms. The van der Waals surface area contributed by atoms with E-state index in [0.717, 1.165) is 47.5 Å². The summed E-state index contributed by atoms with van der Waals surface area (Å²) in [5, 5.41) is 4.48. The van der Waals surface area contributed by atoms with E-state index < -0.39 is 10.0 Å². The van der Waals surface area contributed by atoms with Gasteiger partial charge in [0.15, 0.2) is 0 Å². The number of benzene rings is 3. The molecule has 1 atom stereocenters. The van der Waals surface area contributed by atoms with Gasteiger partial charge in [-0.1, -0.05) is 63.6 Å². The third kappa shape index (κ3) is 6.61. The second-order valence-corrected chi connectivity index (χ2v) is 13.2. The molecule has 0 radical (unpaired) electrons. The summed E-state index contributed by atoms with van der Waals surface area (Å²) in [4.78, 5) is 12.5. The summed E-state index contributed by atoms with van der Waals surface area (Å²) in [5.41, 5.74) is 4.34. The Hall–Kier alpha value is -3.33. The standard InChI is InChI=1S/C33H41N5O2S/c1-5-6-9-26-12-18-29(19-13-26)41(39,40)38-22-20-37(21-23-38)25(4)32-35-31-11-8-7-10-30(31)33(36-32)34-28-16-14-27(15-17-28)24(2)3/h7-8,10-19,24-25H,5-6,9,20-23H2,1-4H3,(H,34,35,36)/t25-/m1/s1. The number of unbranched alkanes of at least 4 members (excludes halogenated alkanes) is 1. The van der Waals surface area contributed by atoms with Gasteiger partial charge in [-0.2, -0.15) is 4.31 Å². The Kier molecular flexibility index (Phi) is 9.02. The summed E-state index contributed by atoms with van der Waals surface area (Å²) < 4.78 is 28.3. The maximum Gasteiger partial charge on any atom is 0.243 e. The van der Waals surface area contributed by atoms with E-state index in [-0.39, 0.29) is 6.04 Å². The van der Waals surface area contributed by atoms with Gasteiger partial charge in [0, 0.05) is 37.3 Å². The van der Waals surface area contributed by atoms with Crippen LogP contribution in [-0.4, -0.2) is 53.8 Å². The van der Waals surface area contributed by atoms with Crippen molar-refractivity contribution in [1.29, 1.82) is 0 Å². The molecule has 0 bridgehead atoms. The number of hydrogen-bond acceptors (Lipinski definition) is 6. The predicted molar refractivity (Wildman–Crippen MR) is 167 cm³/mol. The van der Waals surface area contributed by atoms with E-state index in [1.54, 1.807) is 16.4 Å². The van der Waals surface area contributed by atoms with E-state index >= 15 is 0 Å². The first-order valence-electron chi connectivity index (χ1n) is 14.7. The highest BCUT2D eigenvalue weighted by Gasteiger charge is 2.31. The number of nitrogens with zero attached hydrogens (tertiary/aromatic N) is 4. The van der Waals surface area contributed by atoms with E-state index in [2.05, 4.69) is 62.2 Å². The number of nitrogens with one attached hydrogen (secondary N) is 1. The lowest BCUT2D eigenvalue weighted by Crippen LogP contribution is -2.49. The molecule has 0 amide bonds. The van der Waals surface area contributed by atoms with Crippen molar-refractivity contribution in [2.24, 2.45) is 0 Å². The van der Waals surface area contributed by atoms with Crippen LogP contribution in [0.15, 0.2) is 77.7 Å². The van der Waals surface area contributed by atoms with E-state index in [0.29, 0.717) is 37.0 Å². The summed E-state index contributed by atoms with van der Waals surface area (Å²) in [6.45, 7) is 10.7. The molecule has 0 aliphatic carbocycles. The summed E-state index contributed by atoms with van der Waals surface area (Å²) in [7, 11) is -3.53. The molecule has 7 nitrogen and oxygen atoms in total. The molecule has 3 aromatic carbocycles. The zero-order valence-corrected chi connectivity index (χ0v) is 25.4. The quantitative estimate of drug-likeness (QED) is 0.223. The normalized spacial score (nSPS) is 15.8. The first-order valence-corrected chi connectivity index (χ1v) is 16.2. The lowest BCUT2D eigenvalue weighted by atomic mass is 10.0. The number of sulfonamides is 1. The van der Waals surface area contributed by atoms with Crippen LogP contribution in [0.3, 0.4) is 0 Å². The van der Waals surface area contributed by atoms with E-state index in [9.17, 15) is 8.42 Å². The van der Waals surface area contributed by atoms with Gasteiger partial charge < -0.3 is 5.32 Å². The average Bonchev–Trinajstić information content (AvgIpc) is 3.00. The topological polar surface area (TPSA) is 78.4 Å². The fraction of sp³-hybridized carbons (Fsp3) is 0.394. The summed E-state index contributed by atoms with van der Waals surface area (Å²) in [6.07, 6.45) is 3.21. The number of fused-ring (bicyclic) bond motifs is 1. The Morgan fingerprint density at radius 1 is 0.854 bits per heavy atom. The fourth-order valence-corrected chi connectivity index (χ4v) is 6.74. The maximum atomic E-state index is 13.4. The molecule has 8 heteroatoms. The molecule has 216 valence electrons. The zero-order chi connectivity index (χ0) is 29.0. The van der Waals surface area contributed by atoms with Gasteiger partial charge in [0.25, 0.3) is 0 Å². The minimum absolute atomic E-state index is 0.0637. The molecular weight excluding hydrogens is 530 g/mol. The minimum atomic E-state index is -3.53. The first kappa shape index (κ1) is 29.2. The molecule has 1 fully saturated rings. The van der Waals surface area contributed by atoms with Gasteiger partial charge in [-0.05, 0) is 73.2 Å². The van der Waals surface area contributed by atoms with Gasteiger partial charge in [0.2, 0.25) is 10.0 Å². The number of hydrogen-bond donors (Lipinski definition) is 1. The highest BCUT2D eigenvalue weighted by atomic mass is 32.2. The number of para-hydroxylation sites is 1. The largest absolute Gasteiger partial charge is 0.340 e. The van der Waals surface area contributed by atoms with Crippen molar-refractivity contribution in [3.63, 3.8) is 0 Å². The Labute approximate surface area is 244 Å². The second-order valence-electron chi connectivity index (χ2n) is 11.2. The molecule has 1 aliphatic rings. The van der Waals surface area contributed by atoms with E-state index in [1.165, 1.54) is 11.1 Å². The molecule has 5 rings (SSSR count). The second kappa shape index (κ2) is 12.7. The van der Waals surface area contributed by atoms with Crippen LogP contribution in [0, 0.1) is 0 Å². The smallest absolute Gasteiger partial charge is 0.243 e. The van der Waals surface area contributed by atoms with E-state index in [1.807, 2.05) is 36.4 Å². The Balaban J connectivity index is 1.30. The van der Waals surface area contributed by atoms with E-state index in [4.69, 9.17) is 9.97 Å². The average molecular weight is 572 g/mol.